The van der Waals surface area contributed by atoms with E-state index in [4.69, 9.17) is 21.1 Å². The maximum absolute atomic E-state index is 14.8. The highest BCUT2D eigenvalue weighted by molar-refractivity contribution is 6.33. The number of hydrogen-bond donors (Lipinski definition) is 2. The molecule has 0 spiro atoms. The zero-order valence-corrected chi connectivity index (χ0v) is 27.6. The summed E-state index contributed by atoms with van der Waals surface area (Å²) in [7, 11) is 5.56. The lowest BCUT2D eigenvalue weighted by molar-refractivity contribution is -0.275. The van der Waals surface area contributed by atoms with E-state index in [1.54, 1.807) is 24.8 Å². The van der Waals surface area contributed by atoms with E-state index in [9.17, 15) is 31.1 Å². The van der Waals surface area contributed by atoms with Crippen molar-refractivity contribution in [2.75, 3.05) is 41.5 Å². The molecule has 1 unspecified atom stereocenters. The second-order valence-corrected chi connectivity index (χ2v) is 11.0. The van der Waals surface area contributed by atoms with Gasteiger partial charge < -0.3 is 29.7 Å². The second kappa shape index (κ2) is 16.5. The average molecular weight is 704 g/mol. The molecule has 9 nitrogen and oxygen atoms in total. The van der Waals surface area contributed by atoms with Crippen LogP contribution in [0.25, 0.3) is 16.9 Å². The van der Waals surface area contributed by atoms with E-state index in [0.717, 1.165) is 43.8 Å². The minimum Gasteiger partial charge on any atom is -0.485 e. The highest BCUT2D eigenvalue weighted by atomic mass is 35.5. The summed E-state index contributed by atoms with van der Waals surface area (Å²) in [5, 5.41) is 2.42. The van der Waals surface area contributed by atoms with Crippen molar-refractivity contribution in [2.45, 2.75) is 43.9 Å². The number of nitrogens with two attached hydrogens (primary N) is 1. The Morgan fingerprint density at radius 2 is 1.71 bits per heavy atom. The number of carbonyl (C=O) groups is 1. The molecule has 1 aliphatic rings. The van der Waals surface area contributed by atoms with Gasteiger partial charge in [-0.2, -0.15) is 13.2 Å². The number of pyridine rings is 2. The van der Waals surface area contributed by atoms with Crippen LogP contribution in [-0.4, -0.2) is 74.4 Å². The smallest absolute Gasteiger partial charge is 0.425 e. The molecule has 16 heteroatoms. The Labute approximate surface area is 278 Å². The third-order valence-corrected chi connectivity index (χ3v) is 7.41. The Morgan fingerprint density at radius 1 is 1.08 bits per heavy atom. The van der Waals surface area contributed by atoms with Gasteiger partial charge in [0, 0.05) is 45.2 Å². The number of hydrogen-bond acceptors (Lipinski definition) is 7. The first kappa shape index (κ1) is 38.5. The van der Waals surface area contributed by atoms with Crippen molar-refractivity contribution in [3.8, 4) is 17.0 Å². The average Bonchev–Trinajstić information content (AvgIpc) is 3.80. The minimum absolute atomic E-state index is 0.0173. The molecular weight excluding hydrogens is 668 g/mol. The van der Waals surface area contributed by atoms with Crippen molar-refractivity contribution in [1.29, 1.82) is 0 Å². The zero-order valence-electron chi connectivity index (χ0n) is 26.8. The van der Waals surface area contributed by atoms with Gasteiger partial charge in [-0.3, -0.25) is 4.79 Å². The third kappa shape index (κ3) is 8.75. The zero-order chi connectivity index (χ0) is 35.8. The van der Waals surface area contributed by atoms with E-state index in [2.05, 4.69) is 25.8 Å². The lowest BCUT2D eigenvalue weighted by atomic mass is 9.94. The van der Waals surface area contributed by atoms with Crippen LogP contribution in [0.2, 0.25) is 5.02 Å². The van der Waals surface area contributed by atoms with Crippen LogP contribution >= 0.6 is 11.6 Å². The van der Waals surface area contributed by atoms with Crippen molar-refractivity contribution in [1.82, 2.24) is 19.7 Å². The highest BCUT2D eigenvalue weighted by Gasteiger charge is 2.58. The Kier molecular flexibility index (Phi) is 13.2. The van der Waals surface area contributed by atoms with Crippen LogP contribution in [0.4, 0.5) is 26.3 Å². The monoisotopic (exact) mass is 703 g/mol. The van der Waals surface area contributed by atoms with Crippen molar-refractivity contribution in [3.63, 3.8) is 0 Å². The van der Waals surface area contributed by atoms with Crippen LogP contribution in [0, 0.1) is 12.7 Å². The van der Waals surface area contributed by atoms with Crippen LogP contribution in [-0.2, 0) is 15.1 Å². The first-order valence-corrected chi connectivity index (χ1v) is 14.9. The van der Waals surface area contributed by atoms with E-state index >= 15 is 0 Å². The van der Waals surface area contributed by atoms with Crippen molar-refractivity contribution >= 4 is 23.2 Å². The fraction of sp³-hybridized carbons (Fsp3) is 0.406. The molecule has 262 valence electrons. The van der Waals surface area contributed by atoms with E-state index in [1.165, 1.54) is 38.4 Å². The van der Waals surface area contributed by atoms with Crippen LogP contribution < -0.4 is 15.8 Å². The molecule has 0 aliphatic heterocycles. The number of imidazole rings is 1. The summed E-state index contributed by atoms with van der Waals surface area (Å²) in [6.07, 6.45) is -2.87. The fourth-order valence-electron chi connectivity index (χ4n) is 4.71. The van der Waals surface area contributed by atoms with Crippen LogP contribution in [0.3, 0.4) is 0 Å². The number of amides is 1. The quantitative estimate of drug-likeness (QED) is 0.177. The SMILES string of the molecule is CN.COC.COC(CNC(=O)c1cc(Cl)c2nc(C3CC3)cn2c1)(c1cc(C)c(OCC(F)F)c(-c2ccc(F)cc2)n1)C(F)(F)F. The van der Waals surface area contributed by atoms with Crippen LogP contribution in [0.1, 0.15) is 46.1 Å². The van der Waals surface area contributed by atoms with E-state index < -0.39 is 48.8 Å². The lowest BCUT2D eigenvalue weighted by Gasteiger charge is -2.34. The Balaban J connectivity index is 0.00000118. The summed E-state index contributed by atoms with van der Waals surface area (Å²) in [4.78, 5) is 21.7. The van der Waals surface area contributed by atoms with E-state index in [0.29, 0.717) is 11.6 Å². The van der Waals surface area contributed by atoms with Gasteiger partial charge in [0.05, 0.1) is 28.5 Å². The summed E-state index contributed by atoms with van der Waals surface area (Å²) >= 11 is 6.33. The normalized spacial score (nSPS) is 14.0. The lowest BCUT2D eigenvalue weighted by Crippen LogP contribution is -2.53. The number of rotatable bonds is 10. The maximum atomic E-state index is 14.8. The molecule has 1 fully saturated rings. The van der Waals surface area contributed by atoms with Gasteiger partial charge in [-0.25, -0.2) is 23.1 Å². The van der Waals surface area contributed by atoms with Gasteiger partial charge in [-0.1, -0.05) is 11.6 Å². The number of aryl methyl sites for hydroxylation is 1. The molecule has 1 aliphatic carbocycles. The summed E-state index contributed by atoms with van der Waals surface area (Å²) < 4.78 is 100. The molecule has 0 radical (unpaired) electrons. The van der Waals surface area contributed by atoms with Crippen molar-refractivity contribution in [3.05, 3.63) is 82.1 Å². The van der Waals surface area contributed by atoms with Gasteiger partial charge in [-0.05, 0) is 68.8 Å². The molecule has 1 aromatic carbocycles. The topological polar surface area (TPSA) is 113 Å². The molecule has 3 N–H and O–H groups in total. The number of nitrogens with one attached hydrogen (secondary N) is 1. The molecule has 0 bridgehead atoms. The predicted octanol–water partition coefficient (Wildman–Crippen LogP) is 6.69. The Morgan fingerprint density at radius 3 is 2.25 bits per heavy atom. The molecule has 1 amide bonds. The Hall–Kier alpha value is -3.92. The summed E-state index contributed by atoms with van der Waals surface area (Å²) in [6, 6.07) is 6.83. The van der Waals surface area contributed by atoms with Crippen LogP contribution in [0.5, 0.6) is 5.75 Å². The number of halogens is 7. The fourth-order valence-corrected chi connectivity index (χ4v) is 4.97. The molecule has 0 saturated heterocycles. The number of aromatic nitrogens is 3. The molecule has 3 heterocycles. The molecular formula is C32H36ClF6N5O4. The summed E-state index contributed by atoms with van der Waals surface area (Å²) in [6.45, 7) is -0.801. The molecule has 1 saturated carbocycles. The van der Waals surface area contributed by atoms with Gasteiger partial charge in [-0.15, -0.1) is 0 Å². The number of alkyl halides is 5. The maximum Gasteiger partial charge on any atom is 0.425 e. The molecule has 3 aromatic heterocycles. The standard InChI is InChI=1S/C29H25ClF6N4O3.C2H6O.CH5N/c1-15-9-22(39-24(25(15)43-13-23(32)33)17-5-7-19(31)8-6-17)28(42-2,29(34,35)36)14-37-27(41)18-10-20(30)26-38-21(16-3-4-16)12-40(26)11-18;1-3-2;1-2/h5-12,16,23H,3-4,13-14H2,1-2H3,(H,37,41);1-2H3;2H2,1H3. The molecule has 5 rings (SSSR count). The number of carbonyl (C=O) groups excluding carboxylic acids is 1. The summed E-state index contributed by atoms with van der Waals surface area (Å²) in [5.74, 6) is -1.40. The van der Waals surface area contributed by atoms with Crippen LogP contribution in [0.15, 0.2) is 48.8 Å². The number of fused-ring (bicyclic) bond motifs is 1. The van der Waals surface area contributed by atoms with Crippen molar-refractivity contribution in [2.24, 2.45) is 5.73 Å². The van der Waals surface area contributed by atoms with Gasteiger partial charge in [0.25, 0.3) is 12.3 Å². The predicted molar refractivity (Wildman–Crippen MR) is 168 cm³/mol. The number of ether oxygens (including phenoxy) is 3. The number of methoxy groups -OCH3 is 2. The third-order valence-electron chi connectivity index (χ3n) is 7.13. The highest BCUT2D eigenvalue weighted by Crippen LogP contribution is 2.44. The van der Waals surface area contributed by atoms with Crippen molar-refractivity contribution < 1.29 is 45.3 Å². The second-order valence-electron chi connectivity index (χ2n) is 10.6. The Bertz CT molecular complexity index is 1680. The van der Waals surface area contributed by atoms with Gasteiger partial charge in [0.2, 0.25) is 5.60 Å². The number of benzene rings is 1. The molecule has 1 atom stereocenters. The number of nitrogens with zero attached hydrogens (tertiary/aromatic N) is 3. The first-order valence-electron chi connectivity index (χ1n) is 14.5. The van der Waals surface area contributed by atoms with E-state index in [-0.39, 0.29) is 33.2 Å². The van der Waals surface area contributed by atoms with E-state index in [1.807, 2.05) is 0 Å². The van der Waals surface area contributed by atoms with Gasteiger partial charge in [0.15, 0.2) is 5.65 Å². The molecule has 48 heavy (non-hydrogen) atoms. The van der Waals surface area contributed by atoms with Gasteiger partial charge >= 0.3 is 6.18 Å². The first-order chi connectivity index (χ1) is 22.7. The van der Waals surface area contributed by atoms with Gasteiger partial charge in [0.1, 0.15) is 23.9 Å². The summed E-state index contributed by atoms with van der Waals surface area (Å²) in [5.41, 5.74) is 1.77. The minimum atomic E-state index is -5.12. The largest absolute Gasteiger partial charge is 0.485 e. The molecule has 4 aromatic rings.